The maximum atomic E-state index is 12.7. The lowest BCUT2D eigenvalue weighted by atomic mass is 10.1. The van der Waals surface area contributed by atoms with Gasteiger partial charge in [-0.3, -0.25) is 9.48 Å². The van der Waals surface area contributed by atoms with Crippen LogP contribution in [0.3, 0.4) is 0 Å². The molecule has 0 amide bonds. The third kappa shape index (κ3) is 3.79. The van der Waals surface area contributed by atoms with Crippen molar-refractivity contribution in [1.82, 2.24) is 19.4 Å². The highest BCUT2D eigenvalue weighted by atomic mass is 35.5. The topological polar surface area (TPSA) is 109 Å². The second kappa shape index (κ2) is 8.19. The molecule has 1 N–H and O–H groups in total. The van der Waals surface area contributed by atoms with Gasteiger partial charge in [0.1, 0.15) is 5.69 Å². The number of aromatic nitrogens is 4. The average molecular weight is 419 g/mol. The molecule has 9 heteroatoms. The van der Waals surface area contributed by atoms with E-state index in [1.165, 1.54) is 6.21 Å². The zero-order valence-corrected chi connectivity index (χ0v) is 16.4. The van der Waals surface area contributed by atoms with Crippen LogP contribution in [0.4, 0.5) is 0 Å². The molecule has 2 heterocycles. The van der Waals surface area contributed by atoms with Crippen molar-refractivity contribution in [3.05, 3.63) is 86.2 Å². The van der Waals surface area contributed by atoms with Gasteiger partial charge in [0.25, 0.3) is 5.56 Å². The third-order valence-corrected chi connectivity index (χ3v) is 4.67. The van der Waals surface area contributed by atoms with E-state index < -0.39 is 11.2 Å². The molecule has 8 nitrogen and oxygen atoms in total. The predicted molar refractivity (Wildman–Crippen MR) is 115 cm³/mol. The van der Waals surface area contributed by atoms with E-state index in [1.807, 2.05) is 6.07 Å². The van der Waals surface area contributed by atoms with Crippen LogP contribution in [0, 0.1) is 11.3 Å². The highest BCUT2D eigenvalue weighted by Gasteiger charge is 2.12. The second-order valence-corrected chi connectivity index (χ2v) is 6.89. The fourth-order valence-electron chi connectivity index (χ4n) is 3.05. The highest BCUT2D eigenvalue weighted by Crippen LogP contribution is 2.24. The molecule has 2 aromatic carbocycles. The summed E-state index contributed by atoms with van der Waals surface area (Å²) in [6, 6.07) is 15.9. The molecule has 4 aromatic rings. The molecule has 0 unspecified atom stereocenters. The van der Waals surface area contributed by atoms with Gasteiger partial charge in [-0.05, 0) is 24.3 Å². The van der Waals surface area contributed by atoms with Gasteiger partial charge in [0.15, 0.2) is 0 Å². The van der Waals surface area contributed by atoms with Crippen molar-refractivity contribution >= 4 is 28.7 Å². The van der Waals surface area contributed by atoms with Gasteiger partial charge in [0.05, 0.1) is 36.2 Å². The van der Waals surface area contributed by atoms with Gasteiger partial charge < -0.3 is 4.98 Å². The van der Waals surface area contributed by atoms with E-state index >= 15 is 0 Å². The van der Waals surface area contributed by atoms with Crippen molar-refractivity contribution in [2.45, 2.75) is 13.0 Å². The van der Waals surface area contributed by atoms with E-state index in [9.17, 15) is 9.59 Å². The Bertz CT molecular complexity index is 1420. The number of rotatable bonds is 5. The first kappa shape index (κ1) is 19.4. The van der Waals surface area contributed by atoms with Crippen molar-refractivity contribution in [2.75, 3.05) is 0 Å². The molecule has 0 bridgehead atoms. The standard InChI is InChI=1S/C21H15ClN6O2/c22-16-6-3-5-14(11-16)19-15(13-27(26-19)10-4-9-23)12-24-28-20(29)17-7-1-2-8-18(17)25-21(28)30/h1-3,5-8,11-13H,4,10H2,(H,25,30)/b24-12-. The van der Waals surface area contributed by atoms with Gasteiger partial charge in [0.2, 0.25) is 0 Å². The maximum absolute atomic E-state index is 12.7. The summed E-state index contributed by atoms with van der Waals surface area (Å²) in [5.41, 5.74) is 1.18. The lowest BCUT2D eigenvalue weighted by Gasteiger charge is -2.01. The molecule has 2 aromatic heterocycles. The van der Waals surface area contributed by atoms with E-state index in [0.717, 1.165) is 10.2 Å². The molecule has 30 heavy (non-hydrogen) atoms. The smallest absolute Gasteiger partial charge is 0.305 e. The lowest BCUT2D eigenvalue weighted by Crippen LogP contribution is -2.32. The molecule has 0 aliphatic rings. The first-order valence-corrected chi connectivity index (χ1v) is 9.43. The SMILES string of the molecule is N#CCCn1cc(/C=N\n2c(=O)[nH]c3ccccc3c2=O)c(-c2cccc(Cl)c2)n1. The number of benzene rings is 2. The Morgan fingerprint density at radius 1 is 1.20 bits per heavy atom. The summed E-state index contributed by atoms with van der Waals surface area (Å²) in [5, 5.41) is 18.4. The summed E-state index contributed by atoms with van der Waals surface area (Å²) >= 11 is 6.11. The molecule has 0 saturated carbocycles. The second-order valence-electron chi connectivity index (χ2n) is 6.45. The summed E-state index contributed by atoms with van der Waals surface area (Å²) in [5.74, 6) is 0. The van der Waals surface area contributed by atoms with Gasteiger partial charge in [-0.2, -0.15) is 15.5 Å². The van der Waals surface area contributed by atoms with Crippen molar-refractivity contribution < 1.29 is 0 Å². The number of halogens is 1. The van der Waals surface area contributed by atoms with Crippen LogP contribution in [0.1, 0.15) is 12.0 Å². The Labute approximate surface area is 175 Å². The van der Waals surface area contributed by atoms with Crippen LogP contribution < -0.4 is 11.2 Å². The fraction of sp³-hybridized carbons (Fsp3) is 0.0952. The Hall–Kier alpha value is -3.96. The summed E-state index contributed by atoms with van der Waals surface area (Å²) in [4.78, 5) is 27.7. The van der Waals surface area contributed by atoms with Gasteiger partial charge in [-0.1, -0.05) is 35.9 Å². The largest absolute Gasteiger partial charge is 0.349 e. The zero-order chi connectivity index (χ0) is 21.1. The summed E-state index contributed by atoms with van der Waals surface area (Å²) < 4.78 is 2.39. The predicted octanol–water partition coefficient (Wildman–Crippen LogP) is 3.00. The van der Waals surface area contributed by atoms with E-state index in [-0.39, 0.29) is 6.42 Å². The van der Waals surface area contributed by atoms with Gasteiger partial charge in [-0.25, -0.2) is 4.79 Å². The van der Waals surface area contributed by atoms with Crippen LogP contribution in [0.5, 0.6) is 0 Å². The number of nitrogens with one attached hydrogen (secondary N) is 1. The molecule has 148 valence electrons. The molecule has 0 aliphatic heterocycles. The minimum absolute atomic E-state index is 0.289. The average Bonchev–Trinajstić information content (AvgIpc) is 3.15. The molecule has 0 radical (unpaired) electrons. The molecule has 0 spiro atoms. The Morgan fingerprint density at radius 2 is 2.03 bits per heavy atom. The van der Waals surface area contributed by atoms with Gasteiger partial charge in [-0.15, -0.1) is 4.68 Å². The summed E-state index contributed by atoms with van der Waals surface area (Å²) in [7, 11) is 0. The Morgan fingerprint density at radius 3 is 2.83 bits per heavy atom. The van der Waals surface area contributed by atoms with Gasteiger partial charge in [0, 0.05) is 22.3 Å². The van der Waals surface area contributed by atoms with E-state index in [1.54, 1.807) is 53.3 Å². The molecule has 0 atom stereocenters. The number of aromatic amines is 1. The fourth-order valence-corrected chi connectivity index (χ4v) is 3.24. The number of H-pyrrole nitrogens is 1. The van der Waals surface area contributed by atoms with Crippen LogP contribution in [-0.4, -0.2) is 25.7 Å². The van der Waals surface area contributed by atoms with Gasteiger partial charge >= 0.3 is 5.69 Å². The molecule has 4 rings (SSSR count). The molecule has 0 aliphatic carbocycles. The van der Waals surface area contributed by atoms with Crippen molar-refractivity contribution in [3.8, 4) is 17.3 Å². The number of hydrogen-bond donors (Lipinski definition) is 1. The van der Waals surface area contributed by atoms with Crippen molar-refractivity contribution in [3.63, 3.8) is 0 Å². The molecular formula is C21H15ClN6O2. The van der Waals surface area contributed by atoms with Crippen LogP contribution in [0.15, 0.2) is 69.4 Å². The van der Waals surface area contributed by atoms with Crippen LogP contribution in [-0.2, 0) is 6.54 Å². The Kier molecular flexibility index (Phi) is 5.28. The molecule has 0 fully saturated rings. The van der Waals surface area contributed by atoms with Crippen LogP contribution in [0.25, 0.3) is 22.2 Å². The minimum Gasteiger partial charge on any atom is -0.305 e. The van der Waals surface area contributed by atoms with E-state index in [0.29, 0.717) is 33.7 Å². The Balaban J connectivity index is 1.81. The normalized spacial score (nSPS) is 11.2. The summed E-state index contributed by atoms with van der Waals surface area (Å²) in [6.07, 6.45) is 3.39. The number of aryl methyl sites for hydroxylation is 1. The highest BCUT2D eigenvalue weighted by molar-refractivity contribution is 6.30. The molecular weight excluding hydrogens is 404 g/mol. The third-order valence-electron chi connectivity index (χ3n) is 4.44. The quantitative estimate of drug-likeness (QED) is 0.502. The first-order valence-electron chi connectivity index (χ1n) is 9.05. The lowest BCUT2D eigenvalue weighted by molar-refractivity contribution is 0.629. The first-order chi connectivity index (χ1) is 14.6. The number of para-hydroxylation sites is 1. The number of hydrogen-bond acceptors (Lipinski definition) is 5. The van der Waals surface area contributed by atoms with Crippen molar-refractivity contribution in [1.29, 1.82) is 5.26 Å². The van der Waals surface area contributed by atoms with E-state index in [2.05, 4.69) is 21.3 Å². The van der Waals surface area contributed by atoms with Crippen LogP contribution >= 0.6 is 11.6 Å². The van der Waals surface area contributed by atoms with Crippen LogP contribution in [0.2, 0.25) is 5.02 Å². The molecule has 0 saturated heterocycles. The number of nitriles is 1. The maximum Gasteiger partial charge on any atom is 0.349 e. The minimum atomic E-state index is -0.642. The van der Waals surface area contributed by atoms with E-state index in [4.69, 9.17) is 16.9 Å². The van der Waals surface area contributed by atoms with Crippen molar-refractivity contribution in [2.24, 2.45) is 5.10 Å². The number of nitrogens with zero attached hydrogens (tertiary/aromatic N) is 5. The monoisotopic (exact) mass is 418 g/mol. The number of fused-ring (bicyclic) bond motifs is 1. The summed E-state index contributed by atoms with van der Waals surface area (Å²) in [6.45, 7) is 0.397. The zero-order valence-electron chi connectivity index (χ0n) is 15.6.